The molecule has 0 spiro atoms. The highest BCUT2D eigenvalue weighted by Crippen LogP contribution is 2.38. The zero-order valence-electron chi connectivity index (χ0n) is 18.0. The first-order chi connectivity index (χ1) is 15.1. The molecular weight excluding hydrogens is 390 g/mol. The fraction of sp³-hybridized carbons (Fsp3) is 0.160. The van der Waals surface area contributed by atoms with Crippen LogP contribution in [-0.2, 0) is 0 Å². The molecule has 1 heterocycles. The van der Waals surface area contributed by atoms with Crippen LogP contribution in [0.1, 0.15) is 5.56 Å². The van der Waals surface area contributed by atoms with Gasteiger partial charge in [0.25, 0.3) is 0 Å². The van der Waals surface area contributed by atoms with Crippen LogP contribution >= 0.6 is 0 Å². The molecule has 6 nitrogen and oxygen atoms in total. The Hall–Kier alpha value is -3.93. The van der Waals surface area contributed by atoms with Gasteiger partial charge in [-0.2, -0.15) is 0 Å². The number of methoxy groups -OCH3 is 2. The first-order valence-corrected chi connectivity index (χ1v) is 9.95. The zero-order valence-corrected chi connectivity index (χ0v) is 18.0. The molecule has 158 valence electrons. The quantitative estimate of drug-likeness (QED) is 0.378. The maximum atomic E-state index is 6.32. The summed E-state index contributed by atoms with van der Waals surface area (Å²) < 4.78 is 17.2. The molecule has 4 rings (SSSR count). The van der Waals surface area contributed by atoms with Gasteiger partial charge in [0, 0.05) is 47.8 Å². The number of aryl methyl sites for hydroxylation is 1. The molecule has 0 unspecified atom stereocenters. The Kier molecular flexibility index (Phi) is 5.80. The number of anilines is 3. The smallest absolute Gasteiger partial charge is 0.162 e. The Morgan fingerprint density at radius 2 is 1.39 bits per heavy atom. The van der Waals surface area contributed by atoms with Crippen molar-refractivity contribution in [2.24, 2.45) is 0 Å². The first kappa shape index (κ1) is 20.3. The number of pyridine rings is 1. The minimum absolute atomic E-state index is 0.630. The number of fused-ring (bicyclic) bond motifs is 1. The van der Waals surface area contributed by atoms with Crippen molar-refractivity contribution >= 4 is 28.0 Å². The van der Waals surface area contributed by atoms with E-state index in [4.69, 9.17) is 14.2 Å². The molecule has 0 radical (unpaired) electrons. The fourth-order valence-corrected chi connectivity index (χ4v) is 3.33. The molecule has 4 aromatic rings. The highest BCUT2D eigenvalue weighted by molar-refractivity contribution is 5.88. The van der Waals surface area contributed by atoms with E-state index in [2.05, 4.69) is 15.6 Å². The summed E-state index contributed by atoms with van der Waals surface area (Å²) in [6, 6.07) is 19.8. The van der Waals surface area contributed by atoms with E-state index in [1.807, 2.05) is 74.6 Å². The van der Waals surface area contributed by atoms with Gasteiger partial charge in [0.05, 0.1) is 19.7 Å². The minimum Gasteiger partial charge on any atom is -0.493 e. The van der Waals surface area contributed by atoms with Crippen LogP contribution in [0.3, 0.4) is 0 Å². The Balaban J connectivity index is 1.65. The van der Waals surface area contributed by atoms with E-state index in [9.17, 15) is 0 Å². The summed E-state index contributed by atoms with van der Waals surface area (Å²) in [5.41, 5.74) is 4.80. The lowest BCUT2D eigenvalue weighted by molar-refractivity contribution is 0.355. The molecule has 0 fully saturated rings. The SMILES string of the molecule is CNc1ccc(Nc2ccc(C)c(Oc3ccnc4cc(OC)c(OC)cc34)c2)cc1. The third-order valence-electron chi connectivity index (χ3n) is 5.08. The van der Waals surface area contributed by atoms with Gasteiger partial charge in [-0.1, -0.05) is 6.07 Å². The van der Waals surface area contributed by atoms with E-state index < -0.39 is 0 Å². The van der Waals surface area contributed by atoms with Crippen molar-refractivity contribution in [2.75, 3.05) is 31.9 Å². The van der Waals surface area contributed by atoms with Crippen LogP contribution in [0.25, 0.3) is 10.9 Å². The van der Waals surface area contributed by atoms with Crippen LogP contribution in [0.15, 0.2) is 66.9 Å². The standard InChI is InChI=1S/C25H25N3O3/c1-16-5-6-19(28-18-9-7-17(26-2)8-10-18)13-23(16)31-22-11-12-27-21-15-25(30-4)24(29-3)14-20(21)22/h5-15,26,28H,1-4H3. The largest absolute Gasteiger partial charge is 0.493 e. The van der Waals surface area contributed by atoms with Crippen molar-refractivity contribution in [3.63, 3.8) is 0 Å². The number of aromatic nitrogens is 1. The number of ether oxygens (including phenoxy) is 3. The predicted octanol–water partition coefficient (Wildman–Crippen LogP) is 6.14. The Labute approximate surface area is 181 Å². The summed E-state index contributed by atoms with van der Waals surface area (Å²) >= 11 is 0. The molecular formula is C25H25N3O3. The monoisotopic (exact) mass is 415 g/mol. The summed E-state index contributed by atoms with van der Waals surface area (Å²) in [7, 11) is 5.13. The summed E-state index contributed by atoms with van der Waals surface area (Å²) in [6.07, 6.45) is 1.73. The molecule has 0 aliphatic heterocycles. The van der Waals surface area contributed by atoms with Gasteiger partial charge in [0.2, 0.25) is 0 Å². The molecule has 0 aliphatic rings. The number of benzene rings is 3. The molecule has 6 heteroatoms. The van der Waals surface area contributed by atoms with E-state index in [1.165, 1.54) is 0 Å². The van der Waals surface area contributed by atoms with Crippen molar-refractivity contribution in [2.45, 2.75) is 6.92 Å². The lowest BCUT2D eigenvalue weighted by atomic mass is 10.1. The summed E-state index contributed by atoms with van der Waals surface area (Å²) in [5.74, 6) is 2.72. The van der Waals surface area contributed by atoms with Gasteiger partial charge in [-0.25, -0.2) is 0 Å². The molecule has 0 atom stereocenters. The zero-order chi connectivity index (χ0) is 21.8. The van der Waals surface area contributed by atoms with Crippen LogP contribution in [0.5, 0.6) is 23.0 Å². The maximum Gasteiger partial charge on any atom is 0.162 e. The number of nitrogens with zero attached hydrogens (tertiary/aromatic N) is 1. The lowest BCUT2D eigenvalue weighted by Gasteiger charge is -2.15. The van der Waals surface area contributed by atoms with E-state index in [-0.39, 0.29) is 0 Å². The molecule has 3 aromatic carbocycles. The average molecular weight is 415 g/mol. The molecule has 0 aliphatic carbocycles. The highest BCUT2D eigenvalue weighted by atomic mass is 16.5. The average Bonchev–Trinajstić information content (AvgIpc) is 2.81. The minimum atomic E-state index is 0.630. The van der Waals surface area contributed by atoms with Crippen LogP contribution in [0.2, 0.25) is 0 Å². The fourth-order valence-electron chi connectivity index (χ4n) is 3.33. The van der Waals surface area contributed by atoms with Gasteiger partial charge in [0.15, 0.2) is 11.5 Å². The van der Waals surface area contributed by atoms with Crippen molar-refractivity contribution in [3.8, 4) is 23.0 Å². The van der Waals surface area contributed by atoms with Gasteiger partial charge >= 0.3 is 0 Å². The molecule has 1 aromatic heterocycles. The molecule has 0 saturated carbocycles. The summed E-state index contributed by atoms with van der Waals surface area (Å²) in [6.45, 7) is 2.02. The Bertz CT molecular complexity index is 1210. The summed E-state index contributed by atoms with van der Waals surface area (Å²) in [5, 5.41) is 7.39. The van der Waals surface area contributed by atoms with E-state index >= 15 is 0 Å². The number of nitrogens with one attached hydrogen (secondary N) is 2. The molecule has 0 bridgehead atoms. The van der Waals surface area contributed by atoms with Gasteiger partial charge < -0.3 is 24.8 Å². The predicted molar refractivity (Wildman–Crippen MR) is 125 cm³/mol. The van der Waals surface area contributed by atoms with Gasteiger partial charge in [-0.05, 0) is 55.0 Å². The van der Waals surface area contributed by atoms with Crippen molar-refractivity contribution in [3.05, 3.63) is 72.4 Å². The van der Waals surface area contributed by atoms with Crippen molar-refractivity contribution < 1.29 is 14.2 Å². The topological polar surface area (TPSA) is 64.6 Å². The second-order valence-corrected chi connectivity index (χ2v) is 7.07. The van der Waals surface area contributed by atoms with Crippen LogP contribution in [-0.4, -0.2) is 26.3 Å². The molecule has 0 saturated heterocycles. The van der Waals surface area contributed by atoms with Crippen molar-refractivity contribution in [1.29, 1.82) is 0 Å². The molecule has 0 amide bonds. The van der Waals surface area contributed by atoms with Crippen LogP contribution < -0.4 is 24.8 Å². The second-order valence-electron chi connectivity index (χ2n) is 7.07. The van der Waals surface area contributed by atoms with E-state index in [1.54, 1.807) is 20.4 Å². The van der Waals surface area contributed by atoms with Crippen LogP contribution in [0, 0.1) is 6.92 Å². The normalized spacial score (nSPS) is 10.6. The highest BCUT2D eigenvalue weighted by Gasteiger charge is 2.12. The Morgan fingerprint density at radius 3 is 2.10 bits per heavy atom. The Morgan fingerprint density at radius 1 is 0.710 bits per heavy atom. The number of hydrogen-bond acceptors (Lipinski definition) is 6. The van der Waals surface area contributed by atoms with Crippen LogP contribution in [0.4, 0.5) is 17.1 Å². The van der Waals surface area contributed by atoms with Gasteiger partial charge in [-0.3, -0.25) is 4.98 Å². The van der Waals surface area contributed by atoms with Crippen molar-refractivity contribution in [1.82, 2.24) is 4.98 Å². The third-order valence-corrected chi connectivity index (χ3v) is 5.08. The third kappa shape index (κ3) is 4.33. The maximum absolute atomic E-state index is 6.32. The van der Waals surface area contributed by atoms with Gasteiger partial charge in [-0.15, -0.1) is 0 Å². The van der Waals surface area contributed by atoms with E-state index in [0.717, 1.165) is 39.3 Å². The lowest BCUT2D eigenvalue weighted by Crippen LogP contribution is -1.95. The first-order valence-electron chi connectivity index (χ1n) is 9.95. The summed E-state index contributed by atoms with van der Waals surface area (Å²) in [4.78, 5) is 4.44. The van der Waals surface area contributed by atoms with Gasteiger partial charge in [0.1, 0.15) is 11.5 Å². The van der Waals surface area contributed by atoms with E-state index in [0.29, 0.717) is 17.2 Å². The number of rotatable bonds is 7. The molecule has 31 heavy (non-hydrogen) atoms. The second kappa shape index (κ2) is 8.83. The molecule has 2 N–H and O–H groups in total. The number of hydrogen-bond donors (Lipinski definition) is 2.